The van der Waals surface area contributed by atoms with Gasteiger partial charge in [-0.05, 0) is 74.4 Å². The number of amides is 1. The highest BCUT2D eigenvalue weighted by Gasteiger charge is 2.58. The number of allylic oxidation sites excluding steroid dienone is 1. The zero-order valence-electron chi connectivity index (χ0n) is 31.6. The van der Waals surface area contributed by atoms with Gasteiger partial charge in [-0.1, -0.05) is 53.7 Å². The molecule has 12 atom stereocenters. The normalized spacial score (nSPS) is 41.5. The molecule has 3 rings (SSSR count). The van der Waals surface area contributed by atoms with Crippen molar-refractivity contribution < 1.29 is 42.9 Å². The van der Waals surface area contributed by atoms with Crippen LogP contribution < -0.4 is 5.32 Å². The van der Waals surface area contributed by atoms with E-state index < -0.39 is 71.0 Å². The minimum Gasteiger partial charge on any atom is -0.457 e. The molecule has 1 amide bonds. The third-order valence-corrected chi connectivity index (χ3v) is 11.0. The molecule has 3 aliphatic heterocycles. The molecular weight excluding hydrogens is 616 g/mol. The largest absolute Gasteiger partial charge is 0.457 e. The van der Waals surface area contributed by atoms with Crippen molar-refractivity contribution >= 4 is 23.6 Å². The number of esters is 1. The lowest BCUT2D eigenvalue weighted by atomic mass is 9.71. The van der Waals surface area contributed by atoms with Gasteiger partial charge in [0.05, 0.1) is 30.5 Å². The average Bonchev–Trinajstić information content (AvgIpc) is 3.33. The van der Waals surface area contributed by atoms with Crippen LogP contribution >= 0.6 is 0 Å². The van der Waals surface area contributed by atoms with E-state index in [0.29, 0.717) is 6.42 Å². The first kappa shape index (κ1) is 40.1. The molecule has 11 heteroatoms. The van der Waals surface area contributed by atoms with E-state index in [0.717, 1.165) is 12.8 Å². The Balaban J connectivity index is 2.20. The zero-order chi connectivity index (χ0) is 36.4. The minimum atomic E-state index is -1.59. The lowest BCUT2D eigenvalue weighted by Crippen LogP contribution is -2.60. The van der Waals surface area contributed by atoms with Crippen molar-refractivity contribution in [1.29, 1.82) is 0 Å². The number of alkyl carbamates (subject to hydrolysis) is 1. The molecule has 48 heavy (non-hydrogen) atoms. The van der Waals surface area contributed by atoms with Crippen molar-refractivity contribution in [2.24, 2.45) is 29.1 Å². The predicted molar refractivity (Wildman–Crippen MR) is 182 cm³/mol. The maximum absolute atomic E-state index is 14.6. The molecule has 0 aromatic heterocycles. The van der Waals surface area contributed by atoms with Gasteiger partial charge in [0, 0.05) is 29.7 Å². The van der Waals surface area contributed by atoms with Crippen molar-refractivity contribution in [2.45, 2.75) is 150 Å². The van der Waals surface area contributed by atoms with Gasteiger partial charge in [-0.2, -0.15) is 0 Å². The second-order valence-electron chi connectivity index (χ2n) is 15.6. The molecule has 3 heterocycles. The van der Waals surface area contributed by atoms with Crippen molar-refractivity contribution in [3.63, 3.8) is 0 Å². The Labute approximate surface area is 288 Å². The summed E-state index contributed by atoms with van der Waals surface area (Å²) in [5.41, 5.74) is -4.10. The summed E-state index contributed by atoms with van der Waals surface area (Å²) in [6.45, 7) is 20.2. The van der Waals surface area contributed by atoms with Gasteiger partial charge < -0.3 is 33.9 Å². The van der Waals surface area contributed by atoms with Crippen LogP contribution in [-0.4, -0.2) is 97.1 Å². The standard InChI is InChI=1S/C37H62N2O9/c1-14-16-17-18-44-36(10)20-21(3)28(40)24(6)29-37(11,48-34(43)38-29)27(15-2)46-33(42)35(8,9)30(41)25(7)31(36)47-32-23(5)26(39(12)13)19-22(4)45-32/h16-17,21-27,29,31-32H,14-15,18-20H2,1-13H3,(H,38,43)/b17-16-/t21-,22-,23-,24+,25+,26+,27-,29-,31-,32+,36+,37-/m1/s1. The number of fused-ring (bicyclic) bond motifs is 1. The van der Waals surface area contributed by atoms with E-state index in [1.807, 2.05) is 60.9 Å². The van der Waals surface area contributed by atoms with E-state index in [9.17, 15) is 19.2 Å². The molecule has 11 nitrogen and oxygen atoms in total. The van der Waals surface area contributed by atoms with Crippen LogP contribution in [0.4, 0.5) is 4.79 Å². The van der Waals surface area contributed by atoms with Crippen LogP contribution in [0.3, 0.4) is 0 Å². The SMILES string of the molecule is CC/C=C\CO[C@@]1(C)C[C@@H](C)C(=O)[C@H](C)[C@H]2NC(=O)O[C@]2(C)[C@@H](CC)OC(=O)C(C)(C)C(=O)[C@H](C)[C@H]1O[C@@H]1O[C@H](C)C[C@H](N(C)C)[C@H]1C. The van der Waals surface area contributed by atoms with E-state index in [-0.39, 0.29) is 42.7 Å². The second-order valence-corrected chi connectivity index (χ2v) is 15.6. The van der Waals surface area contributed by atoms with Crippen LogP contribution in [0.1, 0.15) is 102 Å². The Morgan fingerprint density at radius 3 is 2.19 bits per heavy atom. The molecule has 0 spiro atoms. The first-order valence-corrected chi connectivity index (χ1v) is 17.8. The van der Waals surface area contributed by atoms with Gasteiger partial charge in [-0.25, -0.2) is 4.79 Å². The number of cyclic esters (lactones) is 1. The van der Waals surface area contributed by atoms with Crippen LogP contribution in [0, 0.1) is 29.1 Å². The number of hydrogen-bond acceptors (Lipinski definition) is 10. The van der Waals surface area contributed by atoms with Gasteiger partial charge in [0.2, 0.25) is 0 Å². The van der Waals surface area contributed by atoms with E-state index in [1.54, 1.807) is 34.6 Å². The van der Waals surface area contributed by atoms with Crippen LogP contribution in [0.15, 0.2) is 12.2 Å². The zero-order valence-corrected chi connectivity index (χ0v) is 31.6. The number of carbonyl (C=O) groups is 4. The molecular formula is C37H62N2O9. The highest BCUT2D eigenvalue weighted by molar-refractivity contribution is 6.04. The lowest BCUT2D eigenvalue weighted by molar-refractivity contribution is -0.282. The Morgan fingerprint density at radius 1 is 0.958 bits per heavy atom. The van der Waals surface area contributed by atoms with Gasteiger partial charge in [-0.3, -0.25) is 14.4 Å². The van der Waals surface area contributed by atoms with Crippen molar-refractivity contribution in [1.82, 2.24) is 10.2 Å². The summed E-state index contributed by atoms with van der Waals surface area (Å²) in [5.74, 6) is -3.42. The Bertz CT molecular complexity index is 1200. The molecule has 0 aliphatic carbocycles. The average molecular weight is 679 g/mol. The topological polar surface area (TPSA) is 130 Å². The molecule has 3 fully saturated rings. The van der Waals surface area contributed by atoms with Gasteiger partial charge in [0.25, 0.3) is 0 Å². The molecule has 1 N–H and O–H groups in total. The van der Waals surface area contributed by atoms with Crippen molar-refractivity contribution in [2.75, 3.05) is 20.7 Å². The number of carbonyl (C=O) groups excluding carboxylic acids is 4. The smallest absolute Gasteiger partial charge is 0.408 e. The van der Waals surface area contributed by atoms with Crippen LogP contribution in [0.5, 0.6) is 0 Å². The fourth-order valence-corrected chi connectivity index (χ4v) is 8.11. The predicted octanol–water partition coefficient (Wildman–Crippen LogP) is 5.48. The van der Waals surface area contributed by atoms with Gasteiger partial charge in [0.1, 0.15) is 17.3 Å². The number of ketones is 2. The van der Waals surface area contributed by atoms with E-state index in [4.69, 9.17) is 23.7 Å². The fourth-order valence-electron chi connectivity index (χ4n) is 8.11. The van der Waals surface area contributed by atoms with Crippen molar-refractivity contribution in [3.8, 4) is 0 Å². The number of Topliss-reactive ketones (excluding diaryl/α,β-unsaturated/α-hetero) is 2. The van der Waals surface area contributed by atoms with Crippen molar-refractivity contribution in [3.05, 3.63) is 12.2 Å². The quantitative estimate of drug-likeness (QED) is 0.200. The summed E-state index contributed by atoms with van der Waals surface area (Å²) in [7, 11) is 4.07. The van der Waals surface area contributed by atoms with Crippen LogP contribution in [0.25, 0.3) is 0 Å². The number of nitrogens with one attached hydrogen (secondary N) is 1. The Hall–Kier alpha value is -2.34. The van der Waals surface area contributed by atoms with E-state index in [2.05, 4.69) is 17.1 Å². The Morgan fingerprint density at radius 2 is 1.60 bits per heavy atom. The summed E-state index contributed by atoms with van der Waals surface area (Å²) in [4.78, 5) is 57.7. The molecule has 0 aromatic carbocycles. The molecule has 0 aromatic rings. The molecule has 3 aliphatic rings. The van der Waals surface area contributed by atoms with Crippen LogP contribution in [-0.2, 0) is 38.1 Å². The summed E-state index contributed by atoms with van der Waals surface area (Å²) in [5, 5.41) is 2.82. The maximum atomic E-state index is 14.6. The van der Waals surface area contributed by atoms with E-state index >= 15 is 0 Å². The number of rotatable bonds is 8. The fraction of sp³-hybridized carbons (Fsp3) is 0.838. The number of nitrogens with zero attached hydrogens (tertiary/aromatic N) is 1. The van der Waals surface area contributed by atoms with E-state index in [1.165, 1.54) is 0 Å². The first-order valence-electron chi connectivity index (χ1n) is 17.8. The Kier molecular flexibility index (Phi) is 13.1. The molecule has 0 bridgehead atoms. The third-order valence-electron chi connectivity index (χ3n) is 11.0. The summed E-state index contributed by atoms with van der Waals surface area (Å²) >= 11 is 0. The highest BCUT2D eigenvalue weighted by Crippen LogP contribution is 2.42. The summed E-state index contributed by atoms with van der Waals surface area (Å²) < 4.78 is 31.8. The summed E-state index contributed by atoms with van der Waals surface area (Å²) in [6.07, 6.45) is 2.81. The monoisotopic (exact) mass is 678 g/mol. The maximum Gasteiger partial charge on any atom is 0.408 e. The first-order chi connectivity index (χ1) is 22.2. The molecule has 0 radical (unpaired) electrons. The number of hydrogen-bond donors (Lipinski definition) is 1. The molecule has 3 saturated heterocycles. The van der Waals surface area contributed by atoms with Gasteiger partial charge >= 0.3 is 12.1 Å². The molecule has 0 unspecified atom stereocenters. The lowest BCUT2D eigenvalue weighted by Gasteiger charge is -2.48. The van der Waals surface area contributed by atoms with Crippen LogP contribution in [0.2, 0.25) is 0 Å². The third kappa shape index (κ3) is 8.16. The molecule has 274 valence electrons. The summed E-state index contributed by atoms with van der Waals surface area (Å²) in [6, 6.07) is -0.606. The molecule has 0 saturated carbocycles. The van der Waals surface area contributed by atoms with Gasteiger partial charge in [-0.15, -0.1) is 0 Å². The van der Waals surface area contributed by atoms with Gasteiger partial charge in [0.15, 0.2) is 17.7 Å². The minimum absolute atomic E-state index is 0.0538. The highest BCUT2D eigenvalue weighted by atomic mass is 16.7. The number of ether oxygens (including phenoxy) is 5. The second kappa shape index (κ2) is 15.7.